The van der Waals surface area contributed by atoms with Crippen LogP contribution < -0.4 is 21.7 Å². The van der Waals surface area contributed by atoms with Gasteiger partial charge in [0.2, 0.25) is 0 Å². The molecule has 4 rings (SSSR count). The van der Waals surface area contributed by atoms with Crippen LogP contribution in [-0.2, 0) is 13.1 Å². The molecule has 0 radical (unpaired) electrons. The Balaban J connectivity index is 0.00000380. The first-order chi connectivity index (χ1) is 17.2. The van der Waals surface area contributed by atoms with Crippen molar-refractivity contribution in [1.82, 2.24) is 9.13 Å². The molecule has 0 aliphatic heterocycles. The van der Waals surface area contributed by atoms with Gasteiger partial charge < -0.3 is 10.5 Å². The summed E-state index contributed by atoms with van der Waals surface area (Å²) in [5.74, 6) is -2.61. The SMILES string of the molecule is COc1cccc(-c2c(C)n(Cc3c(F)cccc3F)c(=O)n(C[C@@H](N)c3ccccc3)c2=O)c1F.Cl. The summed E-state index contributed by atoms with van der Waals surface area (Å²) in [4.78, 5) is 27.1. The third-order valence-electron chi connectivity index (χ3n) is 6.12. The second-order valence-corrected chi connectivity index (χ2v) is 8.28. The standard InChI is InChI=1S/C27H24F3N3O3.ClH/c1-16-24(18-10-6-13-23(36-2)25(18)30)26(34)33(15-22(31)17-8-4-3-5-9-17)27(35)32(16)14-19-20(28)11-7-12-21(19)29;/h3-13,22H,14-15,31H2,1-2H3;1H/t22-;/m1./s1. The van der Waals surface area contributed by atoms with Gasteiger partial charge in [0.05, 0.1) is 25.8 Å². The van der Waals surface area contributed by atoms with Gasteiger partial charge in [0.1, 0.15) is 11.6 Å². The summed E-state index contributed by atoms with van der Waals surface area (Å²) >= 11 is 0. The van der Waals surface area contributed by atoms with E-state index in [0.717, 1.165) is 21.3 Å². The van der Waals surface area contributed by atoms with Crippen LogP contribution in [-0.4, -0.2) is 16.2 Å². The molecule has 4 aromatic rings. The van der Waals surface area contributed by atoms with Crippen LogP contribution in [0, 0.1) is 24.4 Å². The molecule has 0 spiro atoms. The van der Waals surface area contributed by atoms with Gasteiger partial charge in [-0.05, 0) is 30.7 Å². The molecule has 0 unspecified atom stereocenters. The Hall–Kier alpha value is -3.82. The number of hydrogen-bond acceptors (Lipinski definition) is 4. The quantitative estimate of drug-likeness (QED) is 0.378. The minimum Gasteiger partial charge on any atom is -0.494 e. The molecule has 194 valence electrons. The van der Waals surface area contributed by atoms with Crippen molar-refractivity contribution in [1.29, 1.82) is 0 Å². The first-order valence-electron chi connectivity index (χ1n) is 11.1. The molecule has 10 heteroatoms. The maximum Gasteiger partial charge on any atom is 0.331 e. The predicted octanol–water partition coefficient (Wildman–Crippen LogP) is 4.58. The number of nitrogens with zero attached hydrogens (tertiary/aromatic N) is 2. The lowest BCUT2D eigenvalue weighted by atomic mass is 10.0. The van der Waals surface area contributed by atoms with Crippen molar-refractivity contribution in [3.63, 3.8) is 0 Å². The fourth-order valence-electron chi connectivity index (χ4n) is 4.16. The van der Waals surface area contributed by atoms with Crippen LogP contribution in [0.3, 0.4) is 0 Å². The number of benzene rings is 3. The van der Waals surface area contributed by atoms with E-state index in [-0.39, 0.29) is 47.1 Å². The molecule has 37 heavy (non-hydrogen) atoms. The number of hydrogen-bond donors (Lipinski definition) is 1. The second-order valence-electron chi connectivity index (χ2n) is 8.28. The lowest BCUT2D eigenvalue weighted by Crippen LogP contribution is -2.44. The van der Waals surface area contributed by atoms with Gasteiger partial charge >= 0.3 is 5.69 Å². The molecule has 0 fully saturated rings. The molecule has 0 bridgehead atoms. The van der Waals surface area contributed by atoms with E-state index >= 15 is 4.39 Å². The van der Waals surface area contributed by atoms with E-state index in [1.807, 2.05) is 0 Å². The minimum atomic E-state index is -0.853. The van der Waals surface area contributed by atoms with Gasteiger partial charge in [-0.2, -0.15) is 0 Å². The third-order valence-corrected chi connectivity index (χ3v) is 6.12. The lowest BCUT2D eigenvalue weighted by molar-refractivity contribution is 0.387. The maximum absolute atomic E-state index is 15.3. The molecule has 1 aromatic heterocycles. The smallest absolute Gasteiger partial charge is 0.331 e. The molecule has 1 atom stereocenters. The largest absolute Gasteiger partial charge is 0.494 e. The molecule has 0 amide bonds. The van der Waals surface area contributed by atoms with Gasteiger partial charge in [-0.1, -0.05) is 48.5 Å². The molecule has 0 aliphatic rings. The topological polar surface area (TPSA) is 79.2 Å². The number of rotatable bonds is 7. The summed E-state index contributed by atoms with van der Waals surface area (Å²) in [7, 11) is 1.29. The fourth-order valence-corrected chi connectivity index (χ4v) is 4.16. The fraction of sp³-hybridized carbons (Fsp3) is 0.185. The Labute approximate surface area is 217 Å². The summed E-state index contributed by atoms with van der Waals surface area (Å²) in [6.45, 7) is 0.681. The van der Waals surface area contributed by atoms with Crippen molar-refractivity contribution in [2.75, 3.05) is 7.11 Å². The zero-order valence-electron chi connectivity index (χ0n) is 20.1. The molecular weight excluding hydrogens is 507 g/mol. The Morgan fingerprint density at radius 1 is 0.892 bits per heavy atom. The van der Waals surface area contributed by atoms with Crippen LogP contribution in [0.5, 0.6) is 5.75 Å². The van der Waals surface area contributed by atoms with E-state index in [1.165, 1.54) is 38.3 Å². The van der Waals surface area contributed by atoms with Crippen LogP contribution in [0.1, 0.15) is 22.9 Å². The zero-order valence-corrected chi connectivity index (χ0v) is 20.9. The third kappa shape index (κ3) is 5.33. The molecule has 3 aromatic carbocycles. The Bertz CT molecular complexity index is 1520. The highest BCUT2D eigenvalue weighted by atomic mass is 35.5. The highest BCUT2D eigenvalue weighted by Crippen LogP contribution is 2.29. The van der Waals surface area contributed by atoms with Crippen LogP contribution in [0.25, 0.3) is 11.1 Å². The average molecular weight is 532 g/mol. The van der Waals surface area contributed by atoms with Crippen molar-refractivity contribution in [2.24, 2.45) is 5.73 Å². The van der Waals surface area contributed by atoms with Crippen LogP contribution >= 0.6 is 12.4 Å². The average Bonchev–Trinajstić information content (AvgIpc) is 2.87. The first-order valence-corrected chi connectivity index (χ1v) is 11.1. The van der Waals surface area contributed by atoms with Crippen LogP contribution in [0.15, 0.2) is 76.3 Å². The van der Waals surface area contributed by atoms with Crippen molar-refractivity contribution >= 4 is 12.4 Å². The Morgan fingerprint density at radius 2 is 1.51 bits per heavy atom. The van der Waals surface area contributed by atoms with Gasteiger partial charge in [0.15, 0.2) is 11.6 Å². The normalized spacial score (nSPS) is 11.6. The number of aromatic nitrogens is 2. The summed E-state index contributed by atoms with van der Waals surface area (Å²) in [5, 5.41) is 0. The number of methoxy groups -OCH3 is 1. The van der Waals surface area contributed by atoms with E-state index in [4.69, 9.17) is 10.5 Å². The van der Waals surface area contributed by atoms with E-state index < -0.39 is 41.3 Å². The first kappa shape index (κ1) is 27.8. The Kier molecular flexibility index (Phi) is 8.62. The zero-order chi connectivity index (χ0) is 26.0. The molecule has 6 nitrogen and oxygen atoms in total. The summed E-state index contributed by atoms with van der Waals surface area (Å²) < 4.78 is 51.2. The number of nitrogens with two attached hydrogens (primary N) is 1. The van der Waals surface area contributed by atoms with Gasteiger partial charge in [-0.15, -0.1) is 12.4 Å². The number of ether oxygens (including phenoxy) is 1. The van der Waals surface area contributed by atoms with E-state index in [0.29, 0.717) is 5.56 Å². The van der Waals surface area contributed by atoms with Crippen molar-refractivity contribution in [3.05, 3.63) is 122 Å². The molecule has 2 N–H and O–H groups in total. The van der Waals surface area contributed by atoms with E-state index in [2.05, 4.69) is 0 Å². The Morgan fingerprint density at radius 3 is 2.14 bits per heavy atom. The van der Waals surface area contributed by atoms with Crippen molar-refractivity contribution in [3.8, 4) is 16.9 Å². The van der Waals surface area contributed by atoms with E-state index in [9.17, 15) is 18.4 Å². The number of halogens is 4. The highest BCUT2D eigenvalue weighted by Gasteiger charge is 2.24. The maximum atomic E-state index is 15.3. The van der Waals surface area contributed by atoms with Gasteiger partial charge in [-0.3, -0.25) is 13.9 Å². The molecule has 0 aliphatic carbocycles. The second kappa shape index (κ2) is 11.5. The van der Waals surface area contributed by atoms with Gasteiger partial charge in [0.25, 0.3) is 5.56 Å². The summed E-state index contributed by atoms with van der Waals surface area (Å²) in [6.07, 6.45) is 0. The van der Waals surface area contributed by atoms with Crippen LogP contribution in [0.2, 0.25) is 0 Å². The monoisotopic (exact) mass is 531 g/mol. The van der Waals surface area contributed by atoms with E-state index in [1.54, 1.807) is 30.3 Å². The molecule has 0 saturated carbocycles. The predicted molar refractivity (Wildman–Crippen MR) is 138 cm³/mol. The van der Waals surface area contributed by atoms with Crippen molar-refractivity contribution in [2.45, 2.75) is 26.1 Å². The molecule has 1 heterocycles. The van der Waals surface area contributed by atoms with Crippen molar-refractivity contribution < 1.29 is 17.9 Å². The van der Waals surface area contributed by atoms with Crippen LogP contribution in [0.4, 0.5) is 13.2 Å². The molecular formula is C27H25ClF3N3O3. The minimum absolute atomic E-state index is 0. The highest BCUT2D eigenvalue weighted by molar-refractivity contribution is 5.85. The molecule has 0 saturated heterocycles. The van der Waals surface area contributed by atoms with Gasteiger partial charge in [0, 0.05) is 22.9 Å². The lowest BCUT2D eigenvalue weighted by Gasteiger charge is -2.20. The van der Waals surface area contributed by atoms with Gasteiger partial charge in [-0.25, -0.2) is 18.0 Å². The summed E-state index contributed by atoms with van der Waals surface area (Å²) in [6, 6.07) is 15.7. The summed E-state index contributed by atoms with van der Waals surface area (Å²) in [5.41, 5.74) is 4.81.